The van der Waals surface area contributed by atoms with Gasteiger partial charge in [0, 0.05) is 41.2 Å². The molecule has 0 spiro atoms. The van der Waals surface area contributed by atoms with E-state index >= 15 is 0 Å². The number of rotatable bonds is 7. The second kappa shape index (κ2) is 10.1. The Morgan fingerprint density at radius 2 is 1.79 bits per heavy atom. The molecule has 3 aromatic heterocycles. The number of fused-ring (bicyclic) bond motifs is 2. The molecule has 3 heterocycles. The second-order valence-corrected chi connectivity index (χ2v) is 9.98. The molecule has 1 unspecified atom stereocenters. The van der Waals surface area contributed by atoms with E-state index < -0.39 is 17.9 Å². The van der Waals surface area contributed by atoms with E-state index in [0.29, 0.717) is 11.6 Å². The molecule has 5 aromatic rings. The van der Waals surface area contributed by atoms with Gasteiger partial charge in [0.15, 0.2) is 5.65 Å². The van der Waals surface area contributed by atoms with Crippen LogP contribution in [0.15, 0.2) is 73.2 Å². The lowest BCUT2D eigenvalue weighted by molar-refractivity contribution is -0.139. The average molecular weight is 508 g/mol. The molecule has 192 valence electrons. The van der Waals surface area contributed by atoms with Crippen LogP contribution in [0.4, 0.5) is 0 Å². The number of carboxylic acid groups (broad SMARTS) is 1. The van der Waals surface area contributed by atoms with E-state index in [9.17, 15) is 14.7 Å². The Morgan fingerprint density at radius 1 is 1.03 bits per heavy atom. The molecule has 3 N–H and O–H groups in total. The molecule has 1 atom stereocenters. The van der Waals surface area contributed by atoms with Crippen molar-refractivity contribution in [2.75, 3.05) is 0 Å². The number of aromatic amines is 1. The summed E-state index contributed by atoms with van der Waals surface area (Å²) in [4.78, 5) is 33.3. The second-order valence-electron chi connectivity index (χ2n) is 9.98. The number of hydrogen-bond donors (Lipinski definition) is 3. The Hall–Kier alpha value is -4.46. The first-order chi connectivity index (χ1) is 18.6. The Morgan fingerprint density at radius 3 is 2.58 bits per heavy atom. The zero-order valence-corrected chi connectivity index (χ0v) is 20.9. The van der Waals surface area contributed by atoms with Gasteiger partial charge in [-0.15, -0.1) is 0 Å². The molecule has 1 aliphatic carbocycles. The maximum atomic E-state index is 13.4. The van der Waals surface area contributed by atoms with E-state index in [-0.39, 0.29) is 12.0 Å². The minimum atomic E-state index is -1.10. The summed E-state index contributed by atoms with van der Waals surface area (Å²) >= 11 is 0. The number of carboxylic acids is 1. The minimum absolute atomic E-state index is 0.156. The van der Waals surface area contributed by atoms with Crippen LogP contribution in [0, 0.1) is 0 Å². The van der Waals surface area contributed by atoms with Crippen molar-refractivity contribution in [2.45, 2.75) is 50.5 Å². The van der Waals surface area contributed by atoms with Gasteiger partial charge in [-0.3, -0.25) is 4.79 Å². The van der Waals surface area contributed by atoms with E-state index in [0.717, 1.165) is 59.0 Å². The largest absolute Gasteiger partial charge is 0.480 e. The van der Waals surface area contributed by atoms with Crippen LogP contribution in [0.5, 0.6) is 0 Å². The van der Waals surface area contributed by atoms with Crippen molar-refractivity contribution < 1.29 is 14.7 Å². The molecule has 8 nitrogen and oxygen atoms in total. The zero-order valence-electron chi connectivity index (χ0n) is 20.9. The number of nitrogens with zero attached hydrogens (tertiary/aromatic N) is 3. The molecule has 1 aliphatic rings. The molecule has 2 aromatic carbocycles. The van der Waals surface area contributed by atoms with Crippen molar-refractivity contribution in [1.29, 1.82) is 0 Å². The lowest BCUT2D eigenvalue weighted by Gasteiger charge is -2.25. The van der Waals surface area contributed by atoms with Crippen molar-refractivity contribution in [3.8, 4) is 11.1 Å². The third-order valence-electron chi connectivity index (χ3n) is 7.59. The van der Waals surface area contributed by atoms with Gasteiger partial charge in [-0.1, -0.05) is 67.8 Å². The number of amides is 1. The summed E-state index contributed by atoms with van der Waals surface area (Å²) in [6.07, 6.45) is 11.0. The Balaban J connectivity index is 1.34. The zero-order chi connectivity index (χ0) is 26.1. The van der Waals surface area contributed by atoms with Crippen LogP contribution >= 0.6 is 0 Å². The van der Waals surface area contributed by atoms with Crippen molar-refractivity contribution >= 4 is 28.4 Å². The van der Waals surface area contributed by atoms with Crippen LogP contribution in [0.25, 0.3) is 27.7 Å². The van der Waals surface area contributed by atoms with Crippen molar-refractivity contribution in [1.82, 2.24) is 24.9 Å². The maximum Gasteiger partial charge on any atom is 0.326 e. The fourth-order valence-corrected chi connectivity index (χ4v) is 5.67. The molecule has 0 bridgehead atoms. The van der Waals surface area contributed by atoms with Gasteiger partial charge in [0.25, 0.3) is 5.91 Å². The van der Waals surface area contributed by atoms with Crippen LogP contribution < -0.4 is 5.32 Å². The maximum absolute atomic E-state index is 13.4. The molecule has 0 saturated heterocycles. The van der Waals surface area contributed by atoms with Crippen LogP contribution in [0.2, 0.25) is 0 Å². The summed E-state index contributed by atoms with van der Waals surface area (Å²) in [6.45, 7) is 0. The number of aromatic nitrogens is 4. The first kappa shape index (κ1) is 23.9. The number of hydrogen-bond acceptors (Lipinski definition) is 4. The van der Waals surface area contributed by atoms with E-state index in [1.807, 2.05) is 48.7 Å². The molecule has 1 fully saturated rings. The Labute approximate surface area is 219 Å². The molecule has 6 rings (SSSR count). The van der Waals surface area contributed by atoms with Gasteiger partial charge >= 0.3 is 5.97 Å². The molecule has 8 heteroatoms. The van der Waals surface area contributed by atoms with Gasteiger partial charge in [0.05, 0.1) is 11.9 Å². The van der Waals surface area contributed by atoms with E-state index in [1.54, 1.807) is 10.7 Å². The molecule has 1 saturated carbocycles. The molecule has 38 heavy (non-hydrogen) atoms. The number of para-hydroxylation sites is 1. The summed E-state index contributed by atoms with van der Waals surface area (Å²) in [7, 11) is 0. The number of carbonyl (C=O) groups is 2. The van der Waals surface area contributed by atoms with Crippen molar-refractivity contribution in [3.63, 3.8) is 0 Å². The highest BCUT2D eigenvalue weighted by atomic mass is 16.4. The average Bonchev–Trinajstić information content (AvgIpc) is 3.57. The highest BCUT2D eigenvalue weighted by Gasteiger charge is 2.28. The highest BCUT2D eigenvalue weighted by molar-refractivity contribution is 6.01. The van der Waals surface area contributed by atoms with Crippen molar-refractivity contribution in [2.24, 2.45) is 0 Å². The summed E-state index contributed by atoms with van der Waals surface area (Å²) in [5.74, 6) is -1.28. The van der Waals surface area contributed by atoms with Gasteiger partial charge in [-0.25, -0.2) is 14.3 Å². The molecule has 0 radical (unpaired) electrons. The fraction of sp³-hybridized carbons (Fsp3) is 0.267. The van der Waals surface area contributed by atoms with Crippen LogP contribution in [0.3, 0.4) is 0 Å². The van der Waals surface area contributed by atoms with Gasteiger partial charge < -0.3 is 15.4 Å². The van der Waals surface area contributed by atoms with Gasteiger partial charge in [0.2, 0.25) is 0 Å². The lowest BCUT2D eigenvalue weighted by atomic mass is 9.84. The molecule has 1 amide bonds. The number of H-pyrrole nitrogens is 1. The topological polar surface area (TPSA) is 112 Å². The number of benzene rings is 2. The van der Waals surface area contributed by atoms with Crippen LogP contribution in [-0.2, 0) is 11.2 Å². The van der Waals surface area contributed by atoms with Crippen LogP contribution in [-0.4, -0.2) is 42.6 Å². The summed E-state index contributed by atoms with van der Waals surface area (Å²) in [5.41, 5.74) is 5.61. The molecule has 0 aliphatic heterocycles. The fourth-order valence-electron chi connectivity index (χ4n) is 5.67. The third kappa shape index (κ3) is 4.42. The summed E-state index contributed by atoms with van der Waals surface area (Å²) in [6, 6.07) is 16.7. The lowest BCUT2D eigenvalue weighted by Crippen LogP contribution is -2.42. The first-order valence-electron chi connectivity index (χ1n) is 13.1. The van der Waals surface area contributed by atoms with Crippen molar-refractivity contribution in [3.05, 3.63) is 90.0 Å². The van der Waals surface area contributed by atoms with Crippen LogP contribution in [0.1, 0.15) is 59.6 Å². The molecular formula is C30H29N5O3. The molecular weight excluding hydrogens is 478 g/mol. The van der Waals surface area contributed by atoms with Gasteiger partial charge in [-0.2, -0.15) is 5.10 Å². The Bertz CT molecular complexity index is 1620. The van der Waals surface area contributed by atoms with E-state index in [1.165, 1.54) is 12.6 Å². The quantitative estimate of drug-likeness (QED) is 0.275. The van der Waals surface area contributed by atoms with Gasteiger partial charge in [0.1, 0.15) is 11.6 Å². The third-order valence-corrected chi connectivity index (χ3v) is 7.59. The predicted molar refractivity (Wildman–Crippen MR) is 145 cm³/mol. The number of aliphatic carboxylic acids is 1. The monoisotopic (exact) mass is 507 g/mol. The summed E-state index contributed by atoms with van der Waals surface area (Å²) < 4.78 is 1.79. The minimum Gasteiger partial charge on any atom is -0.480 e. The normalized spacial score (nSPS) is 15.1. The number of carbonyl (C=O) groups excluding carboxylic acids is 1. The van der Waals surface area contributed by atoms with E-state index in [4.69, 9.17) is 0 Å². The number of nitrogens with one attached hydrogen (secondary N) is 2. The van der Waals surface area contributed by atoms with E-state index in [2.05, 4.69) is 32.5 Å². The predicted octanol–water partition coefficient (Wildman–Crippen LogP) is 5.35. The summed E-state index contributed by atoms with van der Waals surface area (Å²) in [5, 5.41) is 18.2. The highest BCUT2D eigenvalue weighted by Crippen LogP contribution is 2.38. The SMILES string of the molecule is O=C(NC(Cc1c[nH]c2ccccc12)C(=O)O)c1cnn2c(C3CCCCC3)c(-c3ccccc3)cnc12. The first-order valence-corrected chi connectivity index (χ1v) is 13.1. The standard InChI is InChI=1S/C30H29N5O3/c36-29(34-26(30(37)38)15-21-16-31-25-14-8-7-13-22(21)25)24-18-33-35-27(20-11-5-2-6-12-20)23(17-32-28(24)35)19-9-3-1-4-10-19/h1,3-4,7-10,13-14,16-18,20,26,31H,2,5-6,11-12,15H2,(H,34,36)(H,37,38). The Kier molecular flexibility index (Phi) is 6.37. The van der Waals surface area contributed by atoms with Gasteiger partial charge in [-0.05, 0) is 30.0 Å². The smallest absolute Gasteiger partial charge is 0.326 e.